The number of hydrogen-bond donors (Lipinski definition) is 0. The Hall–Kier alpha value is -1.28. The predicted octanol–water partition coefficient (Wildman–Crippen LogP) is 4.42. The van der Waals surface area contributed by atoms with Crippen LogP contribution in [-0.4, -0.2) is 38.1 Å². The normalized spacial score (nSPS) is 26.1. The van der Waals surface area contributed by atoms with Gasteiger partial charge in [-0.2, -0.15) is 0 Å². The van der Waals surface area contributed by atoms with Crippen LogP contribution in [0.4, 0.5) is 5.69 Å². The Morgan fingerprint density at radius 2 is 1.77 bits per heavy atom. The molecule has 1 saturated carbocycles. The van der Waals surface area contributed by atoms with E-state index in [1.165, 1.54) is 56.3 Å². The largest absolute Gasteiger partial charge is 0.378 e. The predicted molar refractivity (Wildman–Crippen MR) is 96.4 cm³/mol. The summed E-state index contributed by atoms with van der Waals surface area (Å²) in [5, 5.41) is 0. The molecule has 0 radical (unpaired) electrons. The zero-order chi connectivity index (χ0) is 15.4. The summed E-state index contributed by atoms with van der Waals surface area (Å²) in [4.78, 5) is 4.88. The van der Waals surface area contributed by atoms with E-state index < -0.39 is 0 Å². The molecule has 0 amide bonds. The molecular formula is C20H30N2. The summed E-state index contributed by atoms with van der Waals surface area (Å²) >= 11 is 0. The minimum atomic E-state index is 0.864. The molecule has 1 saturated heterocycles. The summed E-state index contributed by atoms with van der Waals surface area (Å²) in [6, 6.07) is 9.68. The van der Waals surface area contributed by atoms with Gasteiger partial charge in [0.2, 0.25) is 0 Å². The minimum Gasteiger partial charge on any atom is -0.378 e. The van der Waals surface area contributed by atoms with Crippen LogP contribution in [0.5, 0.6) is 0 Å². The number of likely N-dealkylation sites (tertiary alicyclic amines) is 1. The van der Waals surface area contributed by atoms with Gasteiger partial charge in [-0.25, -0.2) is 0 Å². The molecule has 0 spiro atoms. The third-order valence-electron chi connectivity index (χ3n) is 5.42. The van der Waals surface area contributed by atoms with Crippen molar-refractivity contribution >= 4 is 11.8 Å². The number of hydrogen-bond acceptors (Lipinski definition) is 2. The highest BCUT2D eigenvalue weighted by molar-refractivity contribution is 5.55. The van der Waals surface area contributed by atoms with E-state index in [9.17, 15) is 0 Å². The highest BCUT2D eigenvalue weighted by Gasteiger charge is 2.32. The Labute approximate surface area is 135 Å². The third kappa shape index (κ3) is 3.73. The Balaban J connectivity index is 1.56. The van der Waals surface area contributed by atoms with Crippen molar-refractivity contribution in [3.63, 3.8) is 0 Å². The zero-order valence-electron chi connectivity index (χ0n) is 14.2. The van der Waals surface area contributed by atoms with Crippen molar-refractivity contribution in [1.82, 2.24) is 4.90 Å². The SMILES string of the molecule is CN(C)c1ccc(/C=C/CN2CCCC3CCCCC32)cc1. The smallest absolute Gasteiger partial charge is 0.0361 e. The lowest BCUT2D eigenvalue weighted by atomic mass is 9.78. The molecule has 1 aromatic carbocycles. The molecule has 0 bridgehead atoms. The van der Waals surface area contributed by atoms with Crippen molar-refractivity contribution in [2.45, 2.75) is 44.6 Å². The van der Waals surface area contributed by atoms with Crippen molar-refractivity contribution in [2.24, 2.45) is 5.92 Å². The standard InChI is InChI=1S/C20H30N2/c1-21(2)19-13-11-17(12-14-19)7-5-15-22-16-6-9-18-8-3-4-10-20(18)22/h5,7,11-14,18,20H,3-4,6,8-10,15-16H2,1-2H3/b7-5+. The monoisotopic (exact) mass is 298 g/mol. The molecular weight excluding hydrogens is 268 g/mol. The fourth-order valence-corrected chi connectivity index (χ4v) is 4.16. The lowest BCUT2D eigenvalue weighted by Crippen LogP contribution is -2.46. The molecule has 120 valence electrons. The molecule has 1 aliphatic carbocycles. The van der Waals surface area contributed by atoms with Crippen LogP contribution in [0.15, 0.2) is 30.3 Å². The fraction of sp³-hybridized carbons (Fsp3) is 0.600. The summed E-state index contributed by atoms with van der Waals surface area (Å²) < 4.78 is 0. The maximum atomic E-state index is 2.73. The van der Waals surface area contributed by atoms with Crippen molar-refractivity contribution in [3.8, 4) is 0 Å². The average Bonchev–Trinajstić information content (AvgIpc) is 2.55. The Kier molecular flexibility index (Phi) is 5.20. The maximum absolute atomic E-state index is 2.73. The first-order chi connectivity index (χ1) is 10.7. The molecule has 1 heterocycles. The van der Waals surface area contributed by atoms with Crippen LogP contribution in [0.3, 0.4) is 0 Å². The van der Waals surface area contributed by atoms with Crippen LogP contribution in [0.2, 0.25) is 0 Å². The summed E-state index contributed by atoms with van der Waals surface area (Å²) in [6.07, 6.45) is 13.3. The fourth-order valence-electron chi connectivity index (χ4n) is 4.16. The van der Waals surface area contributed by atoms with Gasteiger partial charge in [0.25, 0.3) is 0 Å². The molecule has 2 unspecified atom stereocenters. The van der Waals surface area contributed by atoms with Crippen LogP contribution in [0.25, 0.3) is 6.08 Å². The van der Waals surface area contributed by atoms with Gasteiger partial charge in [0.1, 0.15) is 0 Å². The molecule has 1 aromatic rings. The molecule has 0 N–H and O–H groups in total. The van der Waals surface area contributed by atoms with Crippen molar-refractivity contribution in [1.29, 1.82) is 0 Å². The molecule has 2 nitrogen and oxygen atoms in total. The van der Waals surface area contributed by atoms with E-state index in [4.69, 9.17) is 0 Å². The first-order valence-corrected chi connectivity index (χ1v) is 8.92. The molecule has 22 heavy (non-hydrogen) atoms. The van der Waals surface area contributed by atoms with Crippen LogP contribution < -0.4 is 4.90 Å². The summed E-state index contributed by atoms with van der Waals surface area (Å²) in [5.41, 5.74) is 2.57. The third-order valence-corrected chi connectivity index (χ3v) is 5.42. The van der Waals surface area contributed by atoms with Gasteiger partial charge >= 0.3 is 0 Å². The highest BCUT2D eigenvalue weighted by Crippen LogP contribution is 2.35. The Bertz CT molecular complexity index is 487. The van der Waals surface area contributed by atoms with Crippen molar-refractivity contribution in [3.05, 3.63) is 35.9 Å². The van der Waals surface area contributed by atoms with Crippen LogP contribution in [0, 0.1) is 5.92 Å². The lowest BCUT2D eigenvalue weighted by Gasteiger charge is -2.43. The van der Waals surface area contributed by atoms with E-state index in [0.29, 0.717) is 0 Å². The average molecular weight is 298 g/mol. The Morgan fingerprint density at radius 1 is 1.05 bits per heavy atom. The van der Waals surface area contributed by atoms with Crippen LogP contribution >= 0.6 is 0 Å². The number of fused-ring (bicyclic) bond motifs is 1. The second-order valence-corrected chi connectivity index (χ2v) is 7.14. The molecule has 1 aliphatic heterocycles. The minimum absolute atomic E-state index is 0.864. The summed E-state index contributed by atoms with van der Waals surface area (Å²) in [7, 11) is 4.17. The highest BCUT2D eigenvalue weighted by atomic mass is 15.2. The molecule has 3 rings (SSSR count). The molecule has 2 aliphatic rings. The van der Waals surface area contributed by atoms with Gasteiger partial charge in [-0.15, -0.1) is 0 Å². The summed E-state index contributed by atoms with van der Waals surface area (Å²) in [6.45, 7) is 2.42. The van der Waals surface area contributed by atoms with Gasteiger partial charge in [-0.3, -0.25) is 4.90 Å². The lowest BCUT2D eigenvalue weighted by molar-refractivity contribution is 0.0713. The van der Waals surface area contributed by atoms with E-state index in [-0.39, 0.29) is 0 Å². The quantitative estimate of drug-likeness (QED) is 0.812. The first kappa shape index (κ1) is 15.6. The van der Waals surface area contributed by atoms with Crippen LogP contribution in [-0.2, 0) is 0 Å². The van der Waals surface area contributed by atoms with Gasteiger partial charge in [0.05, 0.1) is 0 Å². The van der Waals surface area contributed by atoms with Crippen LogP contribution in [0.1, 0.15) is 44.1 Å². The molecule has 2 heteroatoms. The van der Waals surface area contributed by atoms with Gasteiger partial charge in [0.15, 0.2) is 0 Å². The Morgan fingerprint density at radius 3 is 2.55 bits per heavy atom. The van der Waals surface area contributed by atoms with Gasteiger partial charge in [0, 0.05) is 32.4 Å². The topological polar surface area (TPSA) is 6.48 Å². The van der Waals surface area contributed by atoms with Crippen molar-refractivity contribution < 1.29 is 0 Å². The molecule has 0 aromatic heterocycles. The number of piperidine rings is 1. The number of benzene rings is 1. The van der Waals surface area contributed by atoms with Gasteiger partial charge in [-0.05, 0) is 55.8 Å². The molecule has 2 atom stereocenters. The summed E-state index contributed by atoms with van der Waals surface area (Å²) in [5.74, 6) is 0.982. The number of nitrogens with zero attached hydrogens (tertiary/aromatic N) is 2. The molecule has 2 fully saturated rings. The van der Waals surface area contributed by atoms with E-state index >= 15 is 0 Å². The van der Waals surface area contributed by atoms with Gasteiger partial charge in [-0.1, -0.05) is 37.1 Å². The van der Waals surface area contributed by atoms with E-state index in [1.54, 1.807) is 0 Å². The zero-order valence-corrected chi connectivity index (χ0v) is 14.2. The van der Waals surface area contributed by atoms with Crippen molar-refractivity contribution in [2.75, 3.05) is 32.1 Å². The number of rotatable bonds is 4. The first-order valence-electron chi connectivity index (χ1n) is 8.92. The van der Waals surface area contributed by atoms with E-state index in [0.717, 1.165) is 18.5 Å². The maximum Gasteiger partial charge on any atom is 0.0361 e. The van der Waals surface area contributed by atoms with E-state index in [1.807, 2.05) is 0 Å². The second-order valence-electron chi connectivity index (χ2n) is 7.14. The van der Waals surface area contributed by atoms with E-state index in [2.05, 4.69) is 60.3 Å². The second kappa shape index (κ2) is 7.32. The number of anilines is 1. The van der Waals surface area contributed by atoms with Gasteiger partial charge < -0.3 is 4.90 Å².